The number of nitrogens with two attached hydrogens (primary N) is 1. The highest BCUT2D eigenvalue weighted by atomic mass is 32.1. The van der Waals surface area contributed by atoms with Gasteiger partial charge in [0.25, 0.3) is 5.91 Å². The van der Waals surface area contributed by atoms with Gasteiger partial charge in [-0.15, -0.1) is 11.3 Å². The molecule has 1 aromatic heterocycles. The molecule has 0 spiro atoms. The molecule has 2 aromatic rings. The fourth-order valence-corrected chi connectivity index (χ4v) is 3.37. The van der Waals surface area contributed by atoms with Crippen LogP contribution in [0, 0.1) is 0 Å². The summed E-state index contributed by atoms with van der Waals surface area (Å²) in [6.45, 7) is 2.41. The average molecular weight is 313 g/mol. The Balaban J connectivity index is 1.69. The van der Waals surface area contributed by atoms with E-state index in [0.29, 0.717) is 6.54 Å². The molecule has 5 heteroatoms. The first kappa shape index (κ1) is 15.0. The van der Waals surface area contributed by atoms with Crippen molar-refractivity contribution in [1.29, 1.82) is 0 Å². The fourth-order valence-electron chi connectivity index (χ4n) is 2.40. The van der Waals surface area contributed by atoms with Gasteiger partial charge in [-0.05, 0) is 48.4 Å². The van der Waals surface area contributed by atoms with Gasteiger partial charge in [0.05, 0.1) is 4.88 Å². The fraction of sp³-hybridized carbons (Fsp3) is 0.235. The van der Waals surface area contributed by atoms with E-state index in [1.165, 1.54) is 10.5 Å². The van der Waals surface area contributed by atoms with Crippen LogP contribution in [0.5, 0.6) is 0 Å². The Morgan fingerprint density at radius 3 is 2.73 bits per heavy atom. The summed E-state index contributed by atoms with van der Waals surface area (Å²) in [6, 6.07) is 11.5. The molecule has 22 heavy (non-hydrogen) atoms. The van der Waals surface area contributed by atoms with Gasteiger partial charge in [-0.3, -0.25) is 4.79 Å². The summed E-state index contributed by atoms with van der Waals surface area (Å²) in [4.78, 5) is 14.2. The smallest absolute Gasteiger partial charge is 0.265 e. The van der Waals surface area contributed by atoms with Crippen molar-refractivity contribution in [2.24, 2.45) is 5.73 Å². The predicted octanol–water partition coefficient (Wildman–Crippen LogP) is 2.84. The molecule has 1 aliphatic heterocycles. The van der Waals surface area contributed by atoms with Crippen molar-refractivity contribution in [3.05, 3.63) is 57.8 Å². The summed E-state index contributed by atoms with van der Waals surface area (Å²) in [6.07, 6.45) is 3.21. The van der Waals surface area contributed by atoms with Gasteiger partial charge >= 0.3 is 0 Å². The Morgan fingerprint density at radius 1 is 1.23 bits per heavy atom. The molecule has 1 aliphatic rings. The minimum absolute atomic E-state index is 0.0636. The van der Waals surface area contributed by atoms with E-state index >= 15 is 0 Å². The second-order valence-corrected chi connectivity index (χ2v) is 6.29. The first-order chi connectivity index (χ1) is 10.8. The van der Waals surface area contributed by atoms with Crippen molar-refractivity contribution >= 4 is 28.5 Å². The number of rotatable bonds is 4. The first-order valence-corrected chi connectivity index (χ1v) is 8.18. The highest BCUT2D eigenvalue weighted by Crippen LogP contribution is 2.28. The van der Waals surface area contributed by atoms with E-state index in [1.807, 2.05) is 36.4 Å². The van der Waals surface area contributed by atoms with E-state index in [-0.39, 0.29) is 5.91 Å². The molecule has 0 radical (unpaired) electrons. The maximum absolute atomic E-state index is 12.3. The molecule has 0 atom stereocenters. The number of carbonyl (C=O) groups excluding carboxylic acids is 1. The molecule has 0 saturated carbocycles. The van der Waals surface area contributed by atoms with Crippen molar-refractivity contribution in [2.75, 3.05) is 18.4 Å². The van der Waals surface area contributed by atoms with Gasteiger partial charge < -0.3 is 16.4 Å². The van der Waals surface area contributed by atoms with Gasteiger partial charge in [-0.25, -0.2) is 0 Å². The van der Waals surface area contributed by atoms with Crippen LogP contribution in [0.2, 0.25) is 0 Å². The Hall–Kier alpha value is -1.95. The topological polar surface area (TPSA) is 67.1 Å². The zero-order chi connectivity index (χ0) is 15.4. The lowest BCUT2D eigenvalue weighted by Gasteiger charge is -2.12. The van der Waals surface area contributed by atoms with Gasteiger partial charge in [-0.1, -0.05) is 18.2 Å². The molecule has 0 fully saturated rings. The lowest BCUT2D eigenvalue weighted by Crippen LogP contribution is -2.19. The number of nitrogens with one attached hydrogen (secondary N) is 2. The largest absolute Gasteiger partial charge is 0.326 e. The summed E-state index contributed by atoms with van der Waals surface area (Å²) >= 11 is 1.55. The lowest BCUT2D eigenvalue weighted by molar-refractivity contribution is 0.103. The summed E-state index contributed by atoms with van der Waals surface area (Å²) in [7, 11) is 0. The molecule has 0 saturated heterocycles. The van der Waals surface area contributed by atoms with E-state index in [1.54, 1.807) is 11.3 Å². The van der Waals surface area contributed by atoms with Crippen LogP contribution in [0.15, 0.2) is 42.5 Å². The Bertz CT molecular complexity index is 688. The maximum Gasteiger partial charge on any atom is 0.265 e. The molecule has 4 nitrogen and oxygen atoms in total. The molecule has 2 heterocycles. The van der Waals surface area contributed by atoms with Crippen LogP contribution in [0.4, 0.5) is 5.69 Å². The van der Waals surface area contributed by atoms with E-state index in [2.05, 4.69) is 16.7 Å². The average Bonchev–Trinajstić information content (AvgIpc) is 3.06. The van der Waals surface area contributed by atoms with E-state index in [0.717, 1.165) is 35.6 Å². The van der Waals surface area contributed by atoms with Crippen molar-refractivity contribution in [3.63, 3.8) is 0 Å². The molecular weight excluding hydrogens is 294 g/mol. The highest BCUT2D eigenvalue weighted by Gasteiger charge is 2.13. The molecule has 1 aromatic carbocycles. The number of carbonyl (C=O) groups is 1. The van der Waals surface area contributed by atoms with Crippen LogP contribution in [0.3, 0.4) is 0 Å². The minimum atomic E-state index is -0.0636. The van der Waals surface area contributed by atoms with Crippen molar-refractivity contribution in [2.45, 2.75) is 13.0 Å². The monoisotopic (exact) mass is 313 g/mol. The summed E-state index contributed by atoms with van der Waals surface area (Å²) in [5.41, 5.74) is 8.74. The van der Waals surface area contributed by atoms with Crippen LogP contribution in [0.1, 0.15) is 26.5 Å². The molecule has 0 aliphatic carbocycles. The summed E-state index contributed by atoms with van der Waals surface area (Å²) in [5.74, 6) is -0.0636. The molecule has 0 unspecified atom stereocenters. The van der Waals surface area contributed by atoms with Crippen LogP contribution < -0.4 is 16.4 Å². The van der Waals surface area contributed by atoms with E-state index in [9.17, 15) is 4.79 Å². The summed E-state index contributed by atoms with van der Waals surface area (Å²) < 4.78 is 0. The molecule has 4 N–H and O–H groups in total. The van der Waals surface area contributed by atoms with Crippen molar-refractivity contribution in [1.82, 2.24) is 5.32 Å². The number of thiophene rings is 1. The van der Waals surface area contributed by atoms with E-state index in [4.69, 9.17) is 5.73 Å². The Morgan fingerprint density at radius 2 is 2.05 bits per heavy atom. The Kier molecular flexibility index (Phi) is 4.68. The minimum Gasteiger partial charge on any atom is -0.326 e. The van der Waals surface area contributed by atoms with Crippen LogP contribution >= 0.6 is 11.3 Å². The standard InChI is InChI=1S/C17H19N3OS/c18-11-12-1-3-14(4-2-12)20-17(21)16-6-5-15(22-16)13-7-9-19-10-8-13/h1-7,19H,8-11,18H2,(H,20,21). The van der Waals surface area contributed by atoms with Crippen LogP contribution in [-0.4, -0.2) is 19.0 Å². The number of anilines is 1. The lowest BCUT2D eigenvalue weighted by atomic mass is 10.1. The SMILES string of the molecule is NCc1ccc(NC(=O)c2ccc(C3=CCNCC3)s2)cc1. The molecule has 114 valence electrons. The number of hydrogen-bond donors (Lipinski definition) is 3. The predicted molar refractivity (Wildman–Crippen MR) is 92.1 cm³/mol. The van der Waals surface area contributed by atoms with Crippen LogP contribution in [0.25, 0.3) is 5.57 Å². The van der Waals surface area contributed by atoms with Crippen LogP contribution in [-0.2, 0) is 6.54 Å². The van der Waals surface area contributed by atoms with Gasteiger partial charge in [0.1, 0.15) is 0 Å². The number of hydrogen-bond acceptors (Lipinski definition) is 4. The normalized spacial score (nSPS) is 14.5. The zero-order valence-corrected chi connectivity index (χ0v) is 13.1. The van der Waals surface area contributed by atoms with Gasteiger partial charge in [-0.2, -0.15) is 0 Å². The molecular formula is C17H19N3OS. The zero-order valence-electron chi connectivity index (χ0n) is 12.3. The highest BCUT2D eigenvalue weighted by molar-refractivity contribution is 7.15. The van der Waals surface area contributed by atoms with Gasteiger partial charge in [0.2, 0.25) is 0 Å². The van der Waals surface area contributed by atoms with E-state index < -0.39 is 0 Å². The maximum atomic E-state index is 12.3. The second kappa shape index (κ2) is 6.87. The van der Waals surface area contributed by atoms with Gasteiger partial charge in [0, 0.05) is 23.7 Å². The second-order valence-electron chi connectivity index (χ2n) is 5.20. The van der Waals surface area contributed by atoms with Crippen molar-refractivity contribution < 1.29 is 4.79 Å². The van der Waals surface area contributed by atoms with Gasteiger partial charge in [0.15, 0.2) is 0 Å². The third-order valence-electron chi connectivity index (χ3n) is 3.66. The number of benzene rings is 1. The quantitative estimate of drug-likeness (QED) is 0.813. The summed E-state index contributed by atoms with van der Waals surface area (Å²) in [5, 5.41) is 6.22. The van der Waals surface area contributed by atoms with Crippen molar-refractivity contribution in [3.8, 4) is 0 Å². The molecule has 3 rings (SSSR count). The third-order valence-corrected chi connectivity index (χ3v) is 4.82. The third kappa shape index (κ3) is 3.44. The number of amides is 1. The molecule has 0 bridgehead atoms. The first-order valence-electron chi connectivity index (χ1n) is 7.36. The Labute approximate surface area is 134 Å². The molecule has 1 amide bonds.